The van der Waals surface area contributed by atoms with E-state index in [0.717, 1.165) is 15.6 Å². The van der Waals surface area contributed by atoms with Crippen LogP contribution < -0.4 is 5.73 Å². The zero-order chi connectivity index (χ0) is 8.39. The zero-order valence-corrected chi connectivity index (χ0v) is 7.01. The molecule has 0 aliphatic heterocycles. The summed E-state index contributed by atoms with van der Waals surface area (Å²) in [4.78, 5) is 5.19. The fraction of sp³-hybridized carbons (Fsp3) is 0.167. The summed E-state index contributed by atoms with van der Waals surface area (Å²) in [5.41, 5.74) is 6.21. The Morgan fingerprint density at radius 2 is 2.42 bits per heavy atom. The fourth-order valence-electron chi connectivity index (χ4n) is 0.825. The summed E-state index contributed by atoms with van der Waals surface area (Å²) in [6.07, 6.45) is 3.40. The molecular weight excluding hydrogens is 174 g/mol. The minimum Gasteiger partial charge on any atom is -0.326 e. The molecule has 0 unspecified atom stereocenters. The molecule has 0 bridgehead atoms. The number of rotatable bonds is 2. The summed E-state index contributed by atoms with van der Waals surface area (Å²) in [6, 6.07) is 0. The third-order valence-electron chi connectivity index (χ3n) is 1.39. The molecule has 2 aromatic heterocycles. The standard InChI is InChI=1S/C6H7N5S/c7-1-4-2-8-6(12-4)5-3-9-11-10-5/h2-3H,1,7H2,(H,9,10,11). The van der Waals surface area contributed by atoms with Crippen LogP contribution in [0, 0.1) is 0 Å². The van der Waals surface area contributed by atoms with Gasteiger partial charge in [-0.25, -0.2) is 4.98 Å². The van der Waals surface area contributed by atoms with Crippen molar-refractivity contribution >= 4 is 11.3 Å². The number of nitrogens with zero attached hydrogens (tertiary/aromatic N) is 3. The van der Waals surface area contributed by atoms with E-state index in [1.165, 1.54) is 11.3 Å². The summed E-state index contributed by atoms with van der Waals surface area (Å²) >= 11 is 1.53. The number of thiazole rings is 1. The van der Waals surface area contributed by atoms with Crippen molar-refractivity contribution < 1.29 is 0 Å². The third kappa shape index (κ3) is 1.21. The molecular formula is C6H7N5S. The molecule has 62 valence electrons. The van der Waals surface area contributed by atoms with Crippen LogP contribution in [0.25, 0.3) is 10.7 Å². The van der Waals surface area contributed by atoms with Crippen molar-refractivity contribution in [1.82, 2.24) is 20.4 Å². The lowest BCUT2D eigenvalue weighted by molar-refractivity contribution is 0.941. The van der Waals surface area contributed by atoms with Gasteiger partial charge < -0.3 is 5.73 Å². The Morgan fingerprint density at radius 3 is 3.00 bits per heavy atom. The molecule has 0 aliphatic carbocycles. The van der Waals surface area contributed by atoms with Crippen molar-refractivity contribution in [3.8, 4) is 10.7 Å². The Bertz CT molecular complexity index is 352. The van der Waals surface area contributed by atoms with Gasteiger partial charge in [-0.05, 0) is 0 Å². The van der Waals surface area contributed by atoms with Gasteiger partial charge >= 0.3 is 0 Å². The maximum atomic E-state index is 5.44. The van der Waals surface area contributed by atoms with Crippen LogP contribution >= 0.6 is 11.3 Å². The van der Waals surface area contributed by atoms with E-state index >= 15 is 0 Å². The van der Waals surface area contributed by atoms with Gasteiger partial charge in [0, 0.05) is 17.6 Å². The number of H-pyrrole nitrogens is 1. The van der Waals surface area contributed by atoms with Gasteiger partial charge in [-0.15, -0.1) is 11.3 Å². The molecule has 5 nitrogen and oxygen atoms in total. The highest BCUT2D eigenvalue weighted by molar-refractivity contribution is 7.14. The molecule has 0 spiro atoms. The summed E-state index contributed by atoms with van der Waals surface area (Å²) < 4.78 is 0. The molecule has 0 aliphatic rings. The second-order valence-electron chi connectivity index (χ2n) is 2.19. The highest BCUT2D eigenvalue weighted by atomic mass is 32.1. The highest BCUT2D eigenvalue weighted by Gasteiger charge is 2.05. The number of hydrogen-bond acceptors (Lipinski definition) is 5. The topological polar surface area (TPSA) is 80.5 Å². The maximum absolute atomic E-state index is 5.44. The zero-order valence-electron chi connectivity index (χ0n) is 6.19. The van der Waals surface area contributed by atoms with E-state index in [9.17, 15) is 0 Å². The van der Waals surface area contributed by atoms with Crippen LogP contribution in [0.1, 0.15) is 4.88 Å². The largest absolute Gasteiger partial charge is 0.326 e. The summed E-state index contributed by atoms with van der Waals surface area (Å²) in [5.74, 6) is 0. The average Bonchev–Trinajstić information content (AvgIpc) is 2.75. The van der Waals surface area contributed by atoms with Crippen LogP contribution in [0.2, 0.25) is 0 Å². The number of nitrogens with two attached hydrogens (primary N) is 1. The first kappa shape index (κ1) is 7.38. The van der Waals surface area contributed by atoms with Gasteiger partial charge in [0.25, 0.3) is 0 Å². The quantitative estimate of drug-likeness (QED) is 0.702. The summed E-state index contributed by atoms with van der Waals surface area (Å²) in [7, 11) is 0. The first-order valence-corrected chi connectivity index (χ1v) is 4.22. The van der Waals surface area contributed by atoms with E-state index in [4.69, 9.17) is 5.73 Å². The van der Waals surface area contributed by atoms with E-state index in [1.54, 1.807) is 12.4 Å². The molecule has 3 N–H and O–H groups in total. The van der Waals surface area contributed by atoms with Crippen LogP contribution in [-0.2, 0) is 6.54 Å². The van der Waals surface area contributed by atoms with Crippen molar-refractivity contribution in [2.45, 2.75) is 6.54 Å². The van der Waals surface area contributed by atoms with Gasteiger partial charge in [0.15, 0.2) is 0 Å². The molecule has 0 amide bonds. The van der Waals surface area contributed by atoms with E-state index in [0.29, 0.717) is 6.54 Å². The van der Waals surface area contributed by atoms with Crippen molar-refractivity contribution in [2.24, 2.45) is 5.73 Å². The smallest absolute Gasteiger partial charge is 0.145 e. The molecule has 2 rings (SSSR count). The molecule has 0 saturated heterocycles. The van der Waals surface area contributed by atoms with Gasteiger partial charge in [0.1, 0.15) is 10.7 Å². The summed E-state index contributed by atoms with van der Waals surface area (Å²) in [6.45, 7) is 0.523. The van der Waals surface area contributed by atoms with Crippen LogP contribution in [0.4, 0.5) is 0 Å². The number of hydrogen-bond donors (Lipinski definition) is 2. The van der Waals surface area contributed by atoms with Gasteiger partial charge in [0.2, 0.25) is 0 Å². The first-order chi connectivity index (χ1) is 5.90. The molecule has 2 aromatic rings. The van der Waals surface area contributed by atoms with Crippen molar-refractivity contribution in [3.63, 3.8) is 0 Å². The Kier molecular flexibility index (Phi) is 1.84. The molecule has 0 saturated carbocycles. The first-order valence-electron chi connectivity index (χ1n) is 3.41. The number of aromatic amines is 1. The molecule has 12 heavy (non-hydrogen) atoms. The van der Waals surface area contributed by atoms with Gasteiger partial charge in [0.05, 0.1) is 6.20 Å². The fourth-order valence-corrected chi connectivity index (χ4v) is 1.57. The third-order valence-corrected chi connectivity index (χ3v) is 2.43. The van der Waals surface area contributed by atoms with Crippen molar-refractivity contribution in [2.75, 3.05) is 0 Å². The lowest BCUT2D eigenvalue weighted by Crippen LogP contribution is -1.91. The summed E-state index contributed by atoms with van der Waals surface area (Å²) in [5, 5.41) is 11.0. The predicted octanol–water partition coefficient (Wildman–Crippen LogP) is 0.387. The van der Waals surface area contributed by atoms with Crippen LogP contribution in [0.15, 0.2) is 12.4 Å². The van der Waals surface area contributed by atoms with Gasteiger partial charge in [-0.3, -0.25) is 0 Å². The lowest BCUT2D eigenvalue weighted by Gasteiger charge is -1.83. The molecule has 6 heteroatoms. The molecule has 0 aromatic carbocycles. The molecule has 0 radical (unpaired) electrons. The van der Waals surface area contributed by atoms with Crippen molar-refractivity contribution in [3.05, 3.63) is 17.3 Å². The van der Waals surface area contributed by atoms with E-state index in [1.807, 2.05) is 0 Å². The Labute approximate surface area is 72.6 Å². The predicted molar refractivity (Wildman–Crippen MR) is 45.4 cm³/mol. The van der Waals surface area contributed by atoms with Gasteiger partial charge in [-0.1, -0.05) is 0 Å². The van der Waals surface area contributed by atoms with E-state index in [2.05, 4.69) is 20.4 Å². The highest BCUT2D eigenvalue weighted by Crippen LogP contribution is 2.21. The number of nitrogens with one attached hydrogen (secondary N) is 1. The second-order valence-corrected chi connectivity index (χ2v) is 3.31. The molecule has 2 heterocycles. The average molecular weight is 181 g/mol. The van der Waals surface area contributed by atoms with Crippen LogP contribution in [-0.4, -0.2) is 20.4 Å². The maximum Gasteiger partial charge on any atom is 0.145 e. The van der Waals surface area contributed by atoms with Crippen molar-refractivity contribution in [1.29, 1.82) is 0 Å². The molecule has 0 fully saturated rings. The lowest BCUT2D eigenvalue weighted by atomic mass is 10.5. The van der Waals surface area contributed by atoms with E-state index in [-0.39, 0.29) is 0 Å². The number of aromatic nitrogens is 4. The SMILES string of the molecule is NCc1cnc(-c2cn[nH]n2)s1. The Balaban J connectivity index is 2.35. The van der Waals surface area contributed by atoms with Gasteiger partial charge in [-0.2, -0.15) is 15.4 Å². The van der Waals surface area contributed by atoms with Crippen LogP contribution in [0.3, 0.4) is 0 Å². The Morgan fingerprint density at radius 1 is 1.50 bits per heavy atom. The minimum absolute atomic E-state index is 0.523. The normalized spacial score (nSPS) is 10.4. The minimum atomic E-state index is 0.523. The second kappa shape index (κ2) is 3.00. The molecule has 0 atom stereocenters. The van der Waals surface area contributed by atoms with Crippen LogP contribution in [0.5, 0.6) is 0 Å². The van der Waals surface area contributed by atoms with E-state index < -0.39 is 0 Å². The Hall–Kier alpha value is -1.27. The monoisotopic (exact) mass is 181 g/mol.